The van der Waals surface area contributed by atoms with E-state index in [0.29, 0.717) is 25.1 Å². The third-order valence-corrected chi connectivity index (χ3v) is 3.96. The van der Waals surface area contributed by atoms with E-state index in [0.717, 1.165) is 17.0 Å². The molecule has 0 radical (unpaired) electrons. The molecule has 2 aromatic heterocycles. The van der Waals surface area contributed by atoms with Crippen LogP contribution in [-0.4, -0.2) is 45.2 Å². The molecular weight excluding hydrogens is 282 g/mol. The Kier molecular flexibility index (Phi) is 3.94. The van der Waals surface area contributed by atoms with Crippen LogP contribution in [0.3, 0.4) is 0 Å². The van der Waals surface area contributed by atoms with Gasteiger partial charge in [-0.05, 0) is 25.5 Å². The summed E-state index contributed by atoms with van der Waals surface area (Å²) >= 11 is 0. The highest BCUT2D eigenvalue weighted by Crippen LogP contribution is 2.23. The molecule has 116 valence electrons. The second-order valence-corrected chi connectivity index (χ2v) is 5.93. The second-order valence-electron chi connectivity index (χ2n) is 5.93. The number of aromatic nitrogens is 2. The molecule has 1 aliphatic rings. The zero-order chi connectivity index (χ0) is 15.7. The number of hydrogen-bond acceptors (Lipinski definition) is 5. The van der Waals surface area contributed by atoms with E-state index in [9.17, 15) is 9.90 Å². The molecule has 2 atom stereocenters. The number of pyridine rings is 1. The molecule has 1 N–H and O–H groups in total. The Bertz CT molecular complexity index is 683. The van der Waals surface area contributed by atoms with Gasteiger partial charge < -0.3 is 14.5 Å². The van der Waals surface area contributed by atoms with E-state index in [1.54, 1.807) is 17.3 Å². The number of hydrogen-bond donors (Lipinski definition) is 1. The zero-order valence-electron chi connectivity index (χ0n) is 12.7. The summed E-state index contributed by atoms with van der Waals surface area (Å²) in [4.78, 5) is 18.2. The maximum atomic E-state index is 12.5. The van der Waals surface area contributed by atoms with Crippen LogP contribution in [0.25, 0.3) is 0 Å². The minimum absolute atomic E-state index is 0.0333. The average molecular weight is 301 g/mol. The molecule has 6 nitrogen and oxygen atoms in total. The molecule has 0 aliphatic carbocycles. The van der Waals surface area contributed by atoms with Crippen LogP contribution >= 0.6 is 0 Å². The molecule has 0 aromatic carbocycles. The van der Waals surface area contributed by atoms with Gasteiger partial charge in [0.25, 0.3) is 5.91 Å². The Hall–Kier alpha value is -2.21. The number of β-amino-alcohol motifs (C(OH)–C–C–N with tert-alkyl or cyclic N) is 1. The van der Waals surface area contributed by atoms with Crippen LogP contribution in [0.1, 0.15) is 27.4 Å². The predicted molar refractivity (Wildman–Crippen MR) is 79.3 cm³/mol. The van der Waals surface area contributed by atoms with E-state index in [1.165, 1.54) is 0 Å². The van der Waals surface area contributed by atoms with Crippen LogP contribution in [-0.2, 0) is 6.42 Å². The van der Waals surface area contributed by atoms with Crippen molar-refractivity contribution in [2.24, 2.45) is 5.92 Å². The van der Waals surface area contributed by atoms with Gasteiger partial charge >= 0.3 is 0 Å². The molecule has 22 heavy (non-hydrogen) atoms. The highest BCUT2D eigenvalue weighted by atomic mass is 16.5. The van der Waals surface area contributed by atoms with Crippen LogP contribution in [0, 0.1) is 19.8 Å². The number of aliphatic hydroxyl groups is 1. The highest BCUT2D eigenvalue weighted by Gasteiger charge is 2.35. The molecule has 0 spiro atoms. The SMILES string of the molecule is Cc1cncc(C(=O)N2CC(O)C(Cc3cc(C)no3)C2)c1. The summed E-state index contributed by atoms with van der Waals surface area (Å²) in [6, 6.07) is 3.68. The van der Waals surface area contributed by atoms with Crippen molar-refractivity contribution in [3.8, 4) is 0 Å². The summed E-state index contributed by atoms with van der Waals surface area (Å²) in [5.74, 6) is 0.619. The van der Waals surface area contributed by atoms with Gasteiger partial charge in [0.05, 0.1) is 17.4 Å². The Labute approximate surface area is 128 Å². The van der Waals surface area contributed by atoms with Crippen molar-refractivity contribution in [2.45, 2.75) is 26.4 Å². The summed E-state index contributed by atoms with van der Waals surface area (Å²) in [7, 11) is 0. The van der Waals surface area contributed by atoms with Gasteiger partial charge in [0.15, 0.2) is 0 Å². The first-order valence-electron chi connectivity index (χ1n) is 7.34. The van der Waals surface area contributed by atoms with E-state index in [-0.39, 0.29) is 11.8 Å². The minimum atomic E-state index is -0.549. The fourth-order valence-corrected chi connectivity index (χ4v) is 2.85. The lowest BCUT2D eigenvalue weighted by molar-refractivity contribution is 0.0764. The molecule has 1 saturated heterocycles. The van der Waals surface area contributed by atoms with Crippen LogP contribution < -0.4 is 0 Å². The monoisotopic (exact) mass is 301 g/mol. The zero-order valence-corrected chi connectivity index (χ0v) is 12.7. The maximum Gasteiger partial charge on any atom is 0.255 e. The van der Waals surface area contributed by atoms with Crippen molar-refractivity contribution >= 4 is 5.91 Å². The molecule has 3 heterocycles. The lowest BCUT2D eigenvalue weighted by atomic mass is 10.0. The van der Waals surface area contributed by atoms with E-state index >= 15 is 0 Å². The normalized spacial score (nSPS) is 21.3. The Morgan fingerprint density at radius 2 is 2.18 bits per heavy atom. The number of nitrogens with zero attached hydrogens (tertiary/aromatic N) is 3. The lowest BCUT2D eigenvalue weighted by Gasteiger charge is -2.15. The van der Waals surface area contributed by atoms with Crippen molar-refractivity contribution in [3.63, 3.8) is 0 Å². The number of amides is 1. The molecule has 0 bridgehead atoms. The quantitative estimate of drug-likeness (QED) is 0.926. The van der Waals surface area contributed by atoms with E-state index < -0.39 is 6.10 Å². The van der Waals surface area contributed by atoms with E-state index in [1.807, 2.05) is 26.0 Å². The number of carbonyl (C=O) groups is 1. The first kappa shape index (κ1) is 14.7. The largest absolute Gasteiger partial charge is 0.391 e. The molecule has 0 saturated carbocycles. The van der Waals surface area contributed by atoms with Gasteiger partial charge in [0.1, 0.15) is 5.76 Å². The summed E-state index contributed by atoms with van der Waals surface area (Å²) in [5.41, 5.74) is 2.32. The molecule has 1 aliphatic heterocycles. The maximum absolute atomic E-state index is 12.5. The minimum Gasteiger partial charge on any atom is -0.391 e. The molecule has 1 amide bonds. The van der Waals surface area contributed by atoms with Crippen LogP contribution in [0.5, 0.6) is 0 Å². The van der Waals surface area contributed by atoms with Gasteiger partial charge in [0, 0.05) is 43.9 Å². The van der Waals surface area contributed by atoms with Gasteiger partial charge in [-0.15, -0.1) is 0 Å². The van der Waals surface area contributed by atoms with Crippen molar-refractivity contribution in [3.05, 3.63) is 47.1 Å². The highest BCUT2D eigenvalue weighted by molar-refractivity contribution is 5.94. The van der Waals surface area contributed by atoms with Crippen molar-refractivity contribution in [1.29, 1.82) is 0 Å². The van der Waals surface area contributed by atoms with Crippen molar-refractivity contribution < 1.29 is 14.4 Å². The first-order valence-corrected chi connectivity index (χ1v) is 7.34. The number of aryl methyl sites for hydroxylation is 2. The Morgan fingerprint density at radius 3 is 2.86 bits per heavy atom. The summed E-state index contributed by atoms with van der Waals surface area (Å²) < 4.78 is 5.20. The third-order valence-electron chi connectivity index (χ3n) is 3.96. The number of rotatable bonds is 3. The number of likely N-dealkylation sites (tertiary alicyclic amines) is 1. The second kappa shape index (κ2) is 5.88. The topological polar surface area (TPSA) is 79.5 Å². The molecule has 1 fully saturated rings. The van der Waals surface area contributed by atoms with Gasteiger partial charge in [-0.2, -0.15) is 0 Å². The molecule has 2 unspecified atom stereocenters. The third kappa shape index (κ3) is 3.01. The fraction of sp³-hybridized carbons (Fsp3) is 0.438. The lowest BCUT2D eigenvalue weighted by Crippen LogP contribution is -2.29. The molecule has 2 aromatic rings. The fourth-order valence-electron chi connectivity index (χ4n) is 2.85. The summed E-state index contributed by atoms with van der Waals surface area (Å²) in [6.45, 7) is 4.61. The van der Waals surface area contributed by atoms with Crippen LogP contribution in [0.2, 0.25) is 0 Å². The first-order chi connectivity index (χ1) is 10.5. The smallest absolute Gasteiger partial charge is 0.255 e. The van der Waals surface area contributed by atoms with Gasteiger partial charge in [-0.3, -0.25) is 9.78 Å². The van der Waals surface area contributed by atoms with Crippen molar-refractivity contribution in [1.82, 2.24) is 15.0 Å². The predicted octanol–water partition coefficient (Wildman–Crippen LogP) is 1.36. The Balaban J connectivity index is 1.68. The number of carbonyl (C=O) groups excluding carboxylic acids is 1. The molecule has 3 rings (SSSR count). The van der Waals surface area contributed by atoms with Gasteiger partial charge in [-0.25, -0.2) is 0 Å². The molecule has 6 heteroatoms. The Morgan fingerprint density at radius 1 is 1.36 bits per heavy atom. The van der Waals surface area contributed by atoms with Gasteiger partial charge in [0.2, 0.25) is 0 Å². The van der Waals surface area contributed by atoms with E-state index in [4.69, 9.17) is 4.52 Å². The van der Waals surface area contributed by atoms with E-state index in [2.05, 4.69) is 10.1 Å². The average Bonchev–Trinajstić information content (AvgIpc) is 3.05. The summed E-state index contributed by atoms with van der Waals surface area (Å²) in [5, 5.41) is 14.1. The number of aliphatic hydroxyl groups excluding tert-OH is 1. The van der Waals surface area contributed by atoms with Crippen LogP contribution in [0.4, 0.5) is 0 Å². The molecular formula is C16H19N3O3. The summed E-state index contributed by atoms with van der Waals surface area (Å²) in [6.07, 6.45) is 3.31. The van der Waals surface area contributed by atoms with Crippen LogP contribution in [0.15, 0.2) is 29.0 Å². The standard InChI is InChI=1S/C16H19N3O3/c1-10-3-12(7-17-6-10)16(21)19-8-13(15(20)9-19)5-14-4-11(2)18-22-14/h3-4,6-7,13,15,20H,5,8-9H2,1-2H3. The van der Waals surface area contributed by atoms with Gasteiger partial charge in [-0.1, -0.05) is 5.16 Å². The van der Waals surface area contributed by atoms with Crippen molar-refractivity contribution in [2.75, 3.05) is 13.1 Å².